The summed E-state index contributed by atoms with van der Waals surface area (Å²) in [5.74, 6) is 4.05. The zero-order valence-electron chi connectivity index (χ0n) is 15.9. The van der Waals surface area contributed by atoms with Gasteiger partial charge in [0.2, 0.25) is 5.95 Å². The van der Waals surface area contributed by atoms with Gasteiger partial charge in [-0.2, -0.15) is 9.97 Å². The average molecular weight is 375 g/mol. The third-order valence-corrected chi connectivity index (χ3v) is 5.68. The molecule has 0 unspecified atom stereocenters. The molecule has 0 bridgehead atoms. The van der Waals surface area contributed by atoms with Crippen LogP contribution in [0.15, 0.2) is 6.07 Å². The van der Waals surface area contributed by atoms with Gasteiger partial charge < -0.3 is 20.4 Å². The molecule has 2 N–H and O–H groups in total. The van der Waals surface area contributed by atoms with Crippen molar-refractivity contribution in [1.82, 2.24) is 15.3 Å². The molecule has 3 heterocycles. The first-order chi connectivity index (χ1) is 12.6. The number of nitrogens with zero attached hydrogens (tertiary/aromatic N) is 4. The van der Waals surface area contributed by atoms with Gasteiger partial charge in [-0.05, 0) is 56.2 Å². The summed E-state index contributed by atoms with van der Waals surface area (Å²) in [6.07, 6.45) is 6.17. The zero-order chi connectivity index (χ0) is 18.1. The number of thiocarbonyl (C=S) groups is 1. The first-order valence-corrected chi connectivity index (χ1v) is 10.4. The third kappa shape index (κ3) is 4.37. The number of rotatable bonds is 4. The van der Waals surface area contributed by atoms with Crippen LogP contribution < -0.4 is 20.4 Å². The lowest BCUT2D eigenvalue weighted by Crippen LogP contribution is -2.39. The molecule has 2 atom stereocenters. The molecule has 142 valence electrons. The van der Waals surface area contributed by atoms with E-state index in [4.69, 9.17) is 22.2 Å². The first-order valence-electron chi connectivity index (χ1n) is 10.0. The van der Waals surface area contributed by atoms with Crippen LogP contribution in [0.1, 0.15) is 46.0 Å². The molecule has 0 spiro atoms. The molecule has 4 rings (SSSR count). The molecular formula is C19H30N6S. The Hall–Kier alpha value is -1.63. The van der Waals surface area contributed by atoms with Crippen molar-refractivity contribution in [3.05, 3.63) is 6.07 Å². The fourth-order valence-corrected chi connectivity index (χ4v) is 4.41. The summed E-state index contributed by atoms with van der Waals surface area (Å²) in [7, 11) is 0. The predicted molar refractivity (Wildman–Crippen MR) is 111 cm³/mol. The van der Waals surface area contributed by atoms with E-state index in [9.17, 15) is 0 Å². The highest BCUT2D eigenvalue weighted by Crippen LogP contribution is 2.29. The highest BCUT2D eigenvalue weighted by Gasteiger charge is 2.26. The van der Waals surface area contributed by atoms with Crippen LogP contribution >= 0.6 is 12.2 Å². The van der Waals surface area contributed by atoms with Crippen LogP contribution in [0.5, 0.6) is 0 Å². The predicted octanol–water partition coefficient (Wildman–Crippen LogP) is 3.01. The molecule has 1 aliphatic carbocycles. The summed E-state index contributed by atoms with van der Waals surface area (Å²) < 4.78 is 0. The number of nitrogens with one attached hydrogen (secondary N) is 2. The van der Waals surface area contributed by atoms with Gasteiger partial charge in [-0.3, -0.25) is 0 Å². The monoisotopic (exact) mass is 374 g/mol. The summed E-state index contributed by atoms with van der Waals surface area (Å²) in [4.78, 5) is 14.4. The van der Waals surface area contributed by atoms with E-state index in [0.29, 0.717) is 28.9 Å². The Morgan fingerprint density at radius 2 is 1.65 bits per heavy atom. The van der Waals surface area contributed by atoms with Gasteiger partial charge >= 0.3 is 0 Å². The van der Waals surface area contributed by atoms with Crippen molar-refractivity contribution >= 4 is 34.9 Å². The topological polar surface area (TPSA) is 56.3 Å². The van der Waals surface area contributed by atoms with E-state index >= 15 is 0 Å². The van der Waals surface area contributed by atoms with Crippen LogP contribution in [0.2, 0.25) is 0 Å². The largest absolute Gasteiger partial charge is 0.360 e. The van der Waals surface area contributed by atoms with Crippen molar-refractivity contribution in [2.75, 3.05) is 41.3 Å². The van der Waals surface area contributed by atoms with Crippen molar-refractivity contribution in [3.8, 4) is 0 Å². The van der Waals surface area contributed by atoms with Crippen molar-refractivity contribution in [3.63, 3.8) is 0 Å². The molecule has 7 heteroatoms. The Morgan fingerprint density at radius 3 is 2.27 bits per heavy atom. The zero-order valence-corrected chi connectivity index (χ0v) is 16.7. The van der Waals surface area contributed by atoms with Crippen LogP contribution in [0.25, 0.3) is 0 Å². The number of aromatic nitrogens is 2. The van der Waals surface area contributed by atoms with Gasteiger partial charge in [-0.25, -0.2) is 0 Å². The molecular weight excluding hydrogens is 344 g/mol. The molecule has 1 saturated carbocycles. The van der Waals surface area contributed by atoms with Gasteiger partial charge in [0, 0.05) is 38.3 Å². The van der Waals surface area contributed by atoms with Crippen LogP contribution in [-0.4, -0.2) is 47.3 Å². The molecule has 2 aliphatic heterocycles. The molecule has 2 saturated heterocycles. The van der Waals surface area contributed by atoms with Crippen LogP contribution in [-0.2, 0) is 0 Å². The molecule has 26 heavy (non-hydrogen) atoms. The molecule has 0 amide bonds. The van der Waals surface area contributed by atoms with Crippen molar-refractivity contribution in [1.29, 1.82) is 0 Å². The van der Waals surface area contributed by atoms with Gasteiger partial charge in [0.25, 0.3) is 0 Å². The standard InChI is InChI=1S/C19H30N6S/c1-13-9-14(2)12-25(11-13)17-10-16(24-7-3-4-8-24)21-18(22-17)23-19(26)20-15-5-6-15/h10,13-15H,3-9,11-12H2,1-2H3,(H2,20,21,22,23,26)/t13-,14-/m0/s1. The van der Waals surface area contributed by atoms with E-state index in [2.05, 4.69) is 40.3 Å². The summed E-state index contributed by atoms with van der Waals surface area (Å²) >= 11 is 5.44. The fourth-order valence-electron chi connectivity index (χ4n) is 4.15. The Balaban J connectivity index is 1.57. The fraction of sp³-hybridized carbons (Fsp3) is 0.737. The van der Waals surface area contributed by atoms with E-state index in [1.165, 1.54) is 32.1 Å². The second-order valence-corrected chi connectivity index (χ2v) is 8.73. The molecule has 3 aliphatic rings. The van der Waals surface area contributed by atoms with Gasteiger partial charge in [0.05, 0.1) is 0 Å². The molecule has 0 aromatic carbocycles. The van der Waals surface area contributed by atoms with Gasteiger partial charge in [0.15, 0.2) is 5.11 Å². The molecule has 3 fully saturated rings. The van der Waals surface area contributed by atoms with Crippen LogP contribution in [0, 0.1) is 11.8 Å². The number of hydrogen-bond acceptors (Lipinski definition) is 5. The van der Waals surface area contributed by atoms with E-state index in [1.54, 1.807) is 0 Å². The van der Waals surface area contributed by atoms with Gasteiger partial charge in [0.1, 0.15) is 11.6 Å². The van der Waals surface area contributed by atoms with E-state index < -0.39 is 0 Å². The Labute approximate surface area is 161 Å². The van der Waals surface area contributed by atoms with Gasteiger partial charge in [-0.15, -0.1) is 0 Å². The van der Waals surface area contributed by atoms with Crippen LogP contribution in [0.3, 0.4) is 0 Å². The molecule has 0 radical (unpaired) electrons. The summed E-state index contributed by atoms with van der Waals surface area (Å²) in [6.45, 7) is 8.94. The Bertz CT molecular complexity index is 645. The summed E-state index contributed by atoms with van der Waals surface area (Å²) in [6, 6.07) is 2.69. The maximum atomic E-state index is 5.44. The van der Waals surface area contributed by atoms with E-state index in [1.807, 2.05) is 0 Å². The van der Waals surface area contributed by atoms with Crippen molar-refractivity contribution in [2.24, 2.45) is 11.8 Å². The lowest BCUT2D eigenvalue weighted by Gasteiger charge is -2.36. The van der Waals surface area contributed by atoms with E-state index in [0.717, 1.165) is 37.8 Å². The lowest BCUT2D eigenvalue weighted by atomic mass is 9.92. The quantitative estimate of drug-likeness (QED) is 0.786. The summed E-state index contributed by atoms with van der Waals surface area (Å²) in [5, 5.41) is 7.18. The van der Waals surface area contributed by atoms with Gasteiger partial charge in [-0.1, -0.05) is 13.8 Å². The molecule has 6 nitrogen and oxygen atoms in total. The van der Waals surface area contributed by atoms with Crippen molar-refractivity contribution in [2.45, 2.75) is 52.0 Å². The highest BCUT2D eigenvalue weighted by atomic mass is 32.1. The number of piperidine rings is 1. The number of anilines is 3. The van der Waals surface area contributed by atoms with Crippen molar-refractivity contribution < 1.29 is 0 Å². The Kier molecular flexibility index (Phi) is 5.16. The summed E-state index contributed by atoms with van der Waals surface area (Å²) in [5.41, 5.74) is 0. The highest BCUT2D eigenvalue weighted by molar-refractivity contribution is 7.80. The normalized spacial score (nSPS) is 26.1. The molecule has 1 aromatic heterocycles. The first kappa shape index (κ1) is 17.8. The second kappa shape index (κ2) is 7.55. The second-order valence-electron chi connectivity index (χ2n) is 8.33. The molecule has 1 aromatic rings. The van der Waals surface area contributed by atoms with Crippen LogP contribution in [0.4, 0.5) is 17.6 Å². The lowest BCUT2D eigenvalue weighted by molar-refractivity contribution is 0.355. The number of hydrogen-bond donors (Lipinski definition) is 2. The smallest absolute Gasteiger partial charge is 0.232 e. The minimum absolute atomic E-state index is 0.528. The average Bonchev–Trinajstić information content (AvgIpc) is 3.22. The van der Waals surface area contributed by atoms with E-state index in [-0.39, 0.29) is 0 Å². The minimum Gasteiger partial charge on any atom is -0.360 e. The maximum absolute atomic E-state index is 5.44. The Morgan fingerprint density at radius 1 is 1.04 bits per heavy atom. The third-order valence-electron chi connectivity index (χ3n) is 5.46. The SMILES string of the molecule is C[C@H]1C[C@H](C)CN(c2cc(N3CCCC3)nc(NC(=S)NC3CC3)n2)C1. The maximum Gasteiger partial charge on any atom is 0.232 e. The minimum atomic E-state index is 0.528.